The molecule has 3 fully saturated rings. The van der Waals surface area contributed by atoms with Gasteiger partial charge in [-0.15, -0.1) is 0 Å². The Balaban J connectivity index is 1.06. The number of carbonyl (C=O) groups excluding carboxylic acids is 1. The fourth-order valence-electron chi connectivity index (χ4n) is 7.23. The Labute approximate surface area is 195 Å². The third-order valence-corrected chi connectivity index (χ3v) is 9.13. The zero-order chi connectivity index (χ0) is 22.1. The van der Waals surface area contributed by atoms with E-state index in [1.807, 2.05) is 0 Å². The van der Waals surface area contributed by atoms with Crippen LogP contribution in [-0.2, 0) is 19.3 Å². The van der Waals surface area contributed by atoms with Gasteiger partial charge in [0.2, 0.25) is 0 Å². The molecule has 2 bridgehead atoms. The Morgan fingerprint density at radius 1 is 1.03 bits per heavy atom. The molecule has 1 amide bonds. The summed E-state index contributed by atoms with van der Waals surface area (Å²) in [5.74, 6) is 2.82. The minimum absolute atomic E-state index is 0.0270. The van der Waals surface area contributed by atoms with Gasteiger partial charge in [-0.05, 0) is 116 Å². The number of amides is 1. The number of aromatic nitrogens is 1. The number of pyridine rings is 1. The van der Waals surface area contributed by atoms with E-state index in [-0.39, 0.29) is 17.8 Å². The summed E-state index contributed by atoms with van der Waals surface area (Å²) in [5, 5.41) is 3.18. The Hall–Kier alpha value is -2.43. The van der Waals surface area contributed by atoms with E-state index in [1.165, 1.54) is 43.4 Å². The maximum absolute atomic E-state index is 15.2. The van der Waals surface area contributed by atoms with Crippen LogP contribution in [0.25, 0.3) is 0 Å². The quantitative estimate of drug-likeness (QED) is 0.739. The molecule has 5 atom stereocenters. The first-order valence-electron chi connectivity index (χ1n) is 13.0. The second-order valence-electron chi connectivity index (χ2n) is 11.3. The molecule has 5 aliphatic rings. The highest BCUT2D eigenvalue weighted by atomic mass is 19.1. The van der Waals surface area contributed by atoms with Crippen LogP contribution in [0.5, 0.6) is 0 Å². The maximum Gasteiger partial charge on any atom is 0.253 e. The minimum atomic E-state index is -0.102. The predicted molar refractivity (Wildman–Crippen MR) is 126 cm³/mol. The van der Waals surface area contributed by atoms with Crippen LogP contribution >= 0.6 is 0 Å². The number of aryl methyl sites for hydroxylation is 2. The highest BCUT2D eigenvalue weighted by molar-refractivity contribution is 5.94. The van der Waals surface area contributed by atoms with Crippen molar-refractivity contribution in [3.05, 3.63) is 58.2 Å². The Kier molecular flexibility index (Phi) is 4.57. The number of anilines is 1. The largest absolute Gasteiger partial charge is 0.371 e. The fraction of sp³-hybridized carbons (Fsp3) is 0.571. The summed E-state index contributed by atoms with van der Waals surface area (Å²) in [4.78, 5) is 20.0. The Bertz CT molecular complexity index is 1120. The predicted octanol–water partition coefficient (Wildman–Crippen LogP) is 4.79. The molecule has 1 aromatic heterocycles. The molecule has 1 aliphatic heterocycles. The van der Waals surface area contributed by atoms with E-state index >= 15 is 4.39 Å². The lowest BCUT2D eigenvalue weighted by molar-refractivity contribution is 0.0933. The van der Waals surface area contributed by atoms with Crippen molar-refractivity contribution in [1.29, 1.82) is 0 Å². The van der Waals surface area contributed by atoms with Crippen LogP contribution in [-0.4, -0.2) is 30.0 Å². The first-order valence-corrected chi connectivity index (χ1v) is 13.0. The van der Waals surface area contributed by atoms with Crippen molar-refractivity contribution in [2.45, 2.75) is 69.7 Å². The van der Waals surface area contributed by atoms with Crippen molar-refractivity contribution in [1.82, 2.24) is 10.3 Å². The summed E-state index contributed by atoms with van der Waals surface area (Å²) in [6.07, 6.45) is 11.5. The Morgan fingerprint density at radius 3 is 2.73 bits per heavy atom. The highest BCUT2D eigenvalue weighted by Crippen LogP contribution is 2.54. The van der Waals surface area contributed by atoms with E-state index in [0.717, 1.165) is 66.9 Å². The van der Waals surface area contributed by atoms with Gasteiger partial charge in [-0.25, -0.2) is 4.39 Å². The van der Waals surface area contributed by atoms with E-state index in [4.69, 9.17) is 0 Å². The molecule has 1 aromatic carbocycles. The molecule has 2 unspecified atom stereocenters. The molecule has 2 aromatic rings. The molecule has 1 N–H and O–H groups in total. The number of benzene rings is 1. The standard InChI is InChI=1S/C28H32FN3O/c29-26-12-22(32-14-16-1-2-17(7-16)15-32)8-18-3-5-21(11-24(18)26)31-28(33)20-10-25-23-9-19(23)4-6-27(25)30-13-20/h8,10,12-13,16-17,19,21,23H,1-7,9,11,14-15H2,(H,31,33)/t16?,17?,19-,21+,23+/m1/s1. The molecule has 7 rings (SSSR count). The Morgan fingerprint density at radius 2 is 1.88 bits per heavy atom. The summed E-state index contributed by atoms with van der Waals surface area (Å²) in [6, 6.07) is 6.01. The molecule has 2 heterocycles. The summed E-state index contributed by atoms with van der Waals surface area (Å²) < 4.78 is 15.2. The van der Waals surface area contributed by atoms with Crippen LogP contribution in [0, 0.1) is 23.6 Å². The summed E-state index contributed by atoms with van der Waals surface area (Å²) in [6.45, 7) is 2.15. The molecule has 4 nitrogen and oxygen atoms in total. The minimum Gasteiger partial charge on any atom is -0.371 e. The van der Waals surface area contributed by atoms with E-state index in [0.29, 0.717) is 17.9 Å². The van der Waals surface area contributed by atoms with Crippen LogP contribution in [0.4, 0.5) is 10.1 Å². The SMILES string of the molecule is O=C(N[C@H]1CCc2cc(N3CC4CCC(C4)C3)cc(F)c2C1)c1cnc2c(c1)[C@H]1C[C@H]1CC2. The summed E-state index contributed by atoms with van der Waals surface area (Å²) in [7, 11) is 0. The summed E-state index contributed by atoms with van der Waals surface area (Å²) >= 11 is 0. The zero-order valence-corrected chi connectivity index (χ0v) is 19.2. The van der Waals surface area contributed by atoms with Gasteiger partial charge in [0.1, 0.15) is 5.82 Å². The van der Waals surface area contributed by atoms with Crippen molar-refractivity contribution in [2.75, 3.05) is 18.0 Å². The van der Waals surface area contributed by atoms with Crippen LogP contribution in [0.2, 0.25) is 0 Å². The number of hydrogen-bond acceptors (Lipinski definition) is 3. The molecule has 0 radical (unpaired) electrons. The number of nitrogens with zero attached hydrogens (tertiary/aromatic N) is 2. The van der Waals surface area contributed by atoms with E-state index < -0.39 is 0 Å². The average Bonchev–Trinajstić information content (AvgIpc) is 3.56. The number of halogens is 1. The van der Waals surface area contributed by atoms with Gasteiger partial charge in [0.15, 0.2) is 0 Å². The average molecular weight is 446 g/mol. The molecule has 2 saturated carbocycles. The van der Waals surface area contributed by atoms with Crippen molar-refractivity contribution in [3.8, 4) is 0 Å². The highest BCUT2D eigenvalue weighted by Gasteiger charge is 2.43. The van der Waals surface area contributed by atoms with Gasteiger partial charge in [0.05, 0.1) is 5.56 Å². The van der Waals surface area contributed by atoms with Crippen LogP contribution < -0.4 is 10.2 Å². The molecular formula is C28H32FN3O. The molecule has 4 aliphatic carbocycles. The van der Waals surface area contributed by atoms with Gasteiger partial charge < -0.3 is 10.2 Å². The lowest BCUT2D eigenvalue weighted by Gasteiger charge is -2.35. The van der Waals surface area contributed by atoms with Crippen LogP contribution in [0.15, 0.2) is 24.4 Å². The van der Waals surface area contributed by atoms with Gasteiger partial charge >= 0.3 is 0 Å². The van der Waals surface area contributed by atoms with Gasteiger partial charge in [0.25, 0.3) is 5.91 Å². The zero-order valence-electron chi connectivity index (χ0n) is 19.2. The van der Waals surface area contributed by atoms with Gasteiger partial charge in [-0.2, -0.15) is 0 Å². The van der Waals surface area contributed by atoms with E-state index in [2.05, 4.69) is 27.3 Å². The third kappa shape index (κ3) is 3.55. The summed E-state index contributed by atoms with van der Waals surface area (Å²) in [5.41, 5.74) is 6.10. The first-order chi connectivity index (χ1) is 16.1. The van der Waals surface area contributed by atoms with Gasteiger partial charge in [-0.1, -0.05) is 0 Å². The smallest absolute Gasteiger partial charge is 0.253 e. The van der Waals surface area contributed by atoms with Crippen molar-refractivity contribution in [3.63, 3.8) is 0 Å². The molecular weight excluding hydrogens is 413 g/mol. The van der Waals surface area contributed by atoms with Crippen molar-refractivity contribution >= 4 is 11.6 Å². The van der Waals surface area contributed by atoms with E-state index in [1.54, 1.807) is 12.3 Å². The number of nitrogens with one attached hydrogen (secondary N) is 1. The van der Waals surface area contributed by atoms with Crippen molar-refractivity contribution in [2.24, 2.45) is 17.8 Å². The lowest BCUT2D eigenvalue weighted by Crippen LogP contribution is -2.40. The maximum atomic E-state index is 15.2. The van der Waals surface area contributed by atoms with Gasteiger partial charge in [0, 0.05) is 36.7 Å². The molecule has 33 heavy (non-hydrogen) atoms. The third-order valence-electron chi connectivity index (χ3n) is 9.13. The number of carbonyl (C=O) groups is 1. The van der Waals surface area contributed by atoms with E-state index in [9.17, 15) is 4.79 Å². The monoisotopic (exact) mass is 445 g/mol. The normalized spacial score (nSPS) is 31.4. The number of rotatable bonds is 3. The lowest BCUT2D eigenvalue weighted by atomic mass is 9.86. The molecule has 5 heteroatoms. The number of hydrogen-bond donors (Lipinski definition) is 1. The second-order valence-corrected chi connectivity index (χ2v) is 11.3. The topological polar surface area (TPSA) is 45.2 Å². The van der Waals surface area contributed by atoms with Crippen molar-refractivity contribution < 1.29 is 9.18 Å². The second kappa shape index (κ2) is 7.54. The molecule has 172 valence electrons. The fourth-order valence-corrected chi connectivity index (χ4v) is 7.23. The number of fused-ring (bicyclic) bond motifs is 6. The first kappa shape index (κ1) is 20.0. The van der Waals surface area contributed by atoms with Crippen LogP contribution in [0.3, 0.4) is 0 Å². The number of piperidine rings is 1. The molecule has 1 saturated heterocycles. The van der Waals surface area contributed by atoms with Gasteiger partial charge in [-0.3, -0.25) is 9.78 Å². The molecule has 0 spiro atoms. The van der Waals surface area contributed by atoms with Crippen LogP contribution in [0.1, 0.15) is 77.2 Å².